The molecule has 144 valence electrons. The topological polar surface area (TPSA) is 109 Å². The molecule has 27 heavy (non-hydrogen) atoms. The fourth-order valence-electron chi connectivity index (χ4n) is 3.50. The Balaban J connectivity index is 1.61. The maximum Gasteiger partial charge on any atom is 0.238 e. The molecule has 0 aromatic heterocycles. The van der Waals surface area contributed by atoms with E-state index in [1.54, 1.807) is 19.1 Å². The standard InChI is InChI=1S/C20H24N2O4S/c1-13-6-7-15(10-19(13)27(21,25)26)18(23)12-22-11-16-9-8-14-4-2-3-5-17(14)20(16)24/h2-7,10,16,18,22-23H,8-9,11-12H2,1H3,(H2,21,25,26). The summed E-state index contributed by atoms with van der Waals surface area (Å²) in [6.07, 6.45) is 0.753. The van der Waals surface area contributed by atoms with E-state index in [4.69, 9.17) is 5.14 Å². The number of aliphatic hydroxyl groups excluding tert-OH is 1. The van der Waals surface area contributed by atoms with Gasteiger partial charge in [0, 0.05) is 24.6 Å². The lowest BCUT2D eigenvalue weighted by atomic mass is 9.83. The minimum Gasteiger partial charge on any atom is -0.387 e. The number of carbonyl (C=O) groups is 1. The smallest absolute Gasteiger partial charge is 0.238 e. The van der Waals surface area contributed by atoms with Crippen LogP contribution in [0.4, 0.5) is 0 Å². The Kier molecular flexibility index (Phi) is 5.76. The Bertz CT molecular complexity index is 956. The first kappa shape index (κ1) is 19.7. The number of hydrogen-bond acceptors (Lipinski definition) is 5. The number of aryl methyl sites for hydroxylation is 2. The van der Waals surface area contributed by atoms with Crippen LogP contribution < -0.4 is 10.5 Å². The SMILES string of the molecule is Cc1ccc(C(O)CNCC2CCc3ccccc3C2=O)cc1S(N)(=O)=O. The number of nitrogens with one attached hydrogen (secondary N) is 1. The van der Waals surface area contributed by atoms with Gasteiger partial charge in [0.1, 0.15) is 0 Å². The second-order valence-corrected chi connectivity index (χ2v) is 8.53. The number of sulfonamides is 1. The monoisotopic (exact) mass is 388 g/mol. The minimum absolute atomic E-state index is 0.0121. The van der Waals surface area contributed by atoms with Gasteiger partial charge in [0.05, 0.1) is 11.0 Å². The van der Waals surface area contributed by atoms with Crippen molar-refractivity contribution in [2.75, 3.05) is 13.1 Å². The highest BCUT2D eigenvalue weighted by Crippen LogP contribution is 2.25. The van der Waals surface area contributed by atoms with Crippen molar-refractivity contribution in [3.05, 3.63) is 64.7 Å². The normalized spacial score (nSPS) is 18.2. The first-order chi connectivity index (χ1) is 12.8. The van der Waals surface area contributed by atoms with Crippen LogP contribution in [0.5, 0.6) is 0 Å². The lowest BCUT2D eigenvalue weighted by molar-refractivity contribution is 0.0895. The fourth-order valence-corrected chi connectivity index (χ4v) is 4.31. The van der Waals surface area contributed by atoms with Crippen LogP contribution in [0.3, 0.4) is 0 Å². The summed E-state index contributed by atoms with van der Waals surface area (Å²) in [7, 11) is -3.84. The third kappa shape index (κ3) is 4.44. The van der Waals surface area contributed by atoms with Crippen molar-refractivity contribution >= 4 is 15.8 Å². The average molecular weight is 388 g/mol. The molecule has 0 saturated heterocycles. The van der Waals surface area contributed by atoms with Gasteiger partial charge in [-0.3, -0.25) is 4.79 Å². The number of fused-ring (bicyclic) bond motifs is 1. The predicted molar refractivity (Wildman–Crippen MR) is 103 cm³/mol. The number of hydrogen-bond donors (Lipinski definition) is 3. The molecule has 7 heteroatoms. The van der Waals surface area contributed by atoms with Gasteiger partial charge in [-0.2, -0.15) is 0 Å². The van der Waals surface area contributed by atoms with E-state index in [0.717, 1.165) is 24.0 Å². The molecule has 0 heterocycles. The molecule has 1 aliphatic rings. The van der Waals surface area contributed by atoms with Gasteiger partial charge in [-0.1, -0.05) is 36.4 Å². The summed E-state index contributed by atoms with van der Waals surface area (Å²) in [5.74, 6) is 0.00999. The van der Waals surface area contributed by atoms with E-state index >= 15 is 0 Å². The van der Waals surface area contributed by atoms with Gasteiger partial charge in [-0.25, -0.2) is 13.6 Å². The molecule has 2 unspecified atom stereocenters. The van der Waals surface area contributed by atoms with E-state index < -0.39 is 16.1 Å². The summed E-state index contributed by atoms with van der Waals surface area (Å²) >= 11 is 0. The van der Waals surface area contributed by atoms with Crippen molar-refractivity contribution < 1.29 is 18.3 Å². The van der Waals surface area contributed by atoms with Crippen molar-refractivity contribution in [2.24, 2.45) is 11.1 Å². The molecule has 2 aromatic rings. The molecular formula is C20H24N2O4S. The maximum absolute atomic E-state index is 12.6. The van der Waals surface area contributed by atoms with Crippen molar-refractivity contribution in [3.63, 3.8) is 0 Å². The Hall–Kier alpha value is -2.06. The summed E-state index contributed by atoms with van der Waals surface area (Å²) < 4.78 is 23.3. The number of Topliss-reactive ketones (excluding diaryl/α,β-unsaturated/α-hetero) is 1. The van der Waals surface area contributed by atoms with Crippen LogP contribution in [-0.2, 0) is 16.4 Å². The second kappa shape index (κ2) is 7.90. The van der Waals surface area contributed by atoms with Crippen molar-refractivity contribution in [3.8, 4) is 0 Å². The van der Waals surface area contributed by atoms with Crippen LogP contribution >= 0.6 is 0 Å². The minimum atomic E-state index is -3.84. The molecule has 0 saturated carbocycles. The average Bonchev–Trinajstić information content (AvgIpc) is 2.63. The van der Waals surface area contributed by atoms with Crippen molar-refractivity contribution in [1.82, 2.24) is 5.32 Å². The Labute approximate surface area is 159 Å². The molecule has 4 N–H and O–H groups in total. The highest BCUT2D eigenvalue weighted by Gasteiger charge is 2.26. The highest BCUT2D eigenvalue weighted by atomic mass is 32.2. The van der Waals surface area contributed by atoms with Gasteiger partial charge in [-0.15, -0.1) is 0 Å². The molecule has 0 radical (unpaired) electrons. The molecule has 0 fully saturated rings. The largest absolute Gasteiger partial charge is 0.387 e. The fraction of sp³-hybridized carbons (Fsp3) is 0.350. The zero-order valence-electron chi connectivity index (χ0n) is 15.2. The van der Waals surface area contributed by atoms with E-state index in [1.807, 2.05) is 24.3 Å². The molecule has 6 nitrogen and oxygen atoms in total. The number of carbonyl (C=O) groups excluding carboxylic acids is 1. The molecule has 1 aliphatic carbocycles. The van der Waals surface area contributed by atoms with E-state index in [0.29, 0.717) is 17.7 Å². The molecule has 0 spiro atoms. The van der Waals surface area contributed by atoms with Gasteiger partial charge >= 0.3 is 0 Å². The third-order valence-corrected chi connectivity index (χ3v) is 6.10. The number of ketones is 1. The van der Waals surface area contributed by atoms with Gasteiger partial charge < -0.3 is 10.4 Å². The summed E-state index contributed by atoms with van der Waals surface area (Å²) in [6, 6.07) is 12.4. The summed E-state index contributed by atoms with van der Waals surface area (Å²) in [5, 5.41) is 18.7. The Morgan fingerprint density at radius 3 is 2.74 bits per heavy atom. The number of benzene rings is 2. The maximum atomic E-state index is 12.6. The number of rotatable bonds is 6. The van der Waals surface area contributed by atoms with E-state index in [1.165, 1.54) is 6.07 Å². The Morgan fingerprint density at radius 1 is 1.26 bits per heavy atom. The summed E-state index contributed by atoms with van der Waals surface area (Å²) in [4.78, 5) is 12.6. The van der Waals surface area contributed by atoms with Crippen molar-refractivity contribution in [1.29, 1.82) is 0 Å². The first-order valence-electron chi connectivity index (χ1n) is 8.91. The van der Waals surface area contributed by atoms with Gasteiger partial charge in [0.15, 0.2) is 5.78 Å². The number of primary sulfonamides is 1. The zero-order valence-corrected chi connectivity index (χ0v) is 16.0. The van der Waals surface area contributed by atoms with Gasteiger partial charge in [0.25, 0.3) is 0 Å². The van der Waals surface area contributed by atoms with Crippen LogP contribution in [0.25, 0.3) is 0 Å². The zero-order chi connectivity index (χ0) is 19.6. The number of nitrogens with two attached hydrogens (primary N) is 1. The van der Waals surface area contributed by atoms with E-state index in [2.05, 4.69) is 5.32 Å². The molecule has 0 bridgehead atoms. The van der Waals surface area contributed by atoms with Crippen molar-refractivity contribution in [2.45, 2.75) is 30.8 Å². The molecular weight excluding hydrogens is 364 g/mol. The third-order valence-electron chi connectivity index (χ3n) is 5.05. The number of aliphatic hydroxyl groups is 1. The summed E-state index contributed by atoms with van der Waals surface area (Å²) in [6.45, 7) is 2.34. The molecule has 0 aliphatic heterocycles. The van der Waals surface area contributed by atoms with Crippen LogP contribution in [0, 0.1) is 12.8 Å². The van der Waals surface area contributed by atoms with Crippen LogP contribution in [0.2, 0.25) is 0 Å². The van der Waals surface area contributed by atoms with Crippen LogP contribution in [0.15, 0.2) is 47.4 Å². The molecule has 0 amide bonds. The molecule has 3 rings (SSSR count). The van der Waals surface area contributed by atoms with E-state index in [-0.39, 0.29) is 23.1 Å². The molecule has 2 aromatic carbocycles. The Morgan fingerprint density at radius 2 is 2.00 bits per heavy atom. The van der Waals surface area contributed by atoms with Crippen LogP contribution in [0.1, 0.15) is 39.6 Å². The summed E-state index contributed by atoms with van der Waals surface area (Å²) in [5.41, 5.74) is 2.88. The molecule has 2 atom stereocenters. The lowest BCUT2D eigenvalue weighted by Gasteiger charge is -2.24. The van der Waals surface area contributed by atoms with Gasteiger partial charge in [0.2, 0.25) is 10.0 Å². The van der Waals surface area contributed by atoms with E-state index in [9.17, 15) is 18.3 Å². The van der Waals surface area contributed by atoms with Crippen LogP contribution in [-0.4, -0.2) is 32.4 Å². The van der Waals surface area contributed by atoms with Gasteiger partial charge in [-0.05, 0) is 42.5 Å². The highest BCUT2D eigenvalue weighted by molar-refractivity contribution is 7.89. The first-order valence-corrected chi connectivity index (χ1v) is 10.5. The quantitative estimate of drug-likeness (QED) is 0.698. The second-order valence-electron chi connectivity index (χ2n) is 7.00. The lowest BCUT2D eigenvalue weighted by Crippen LogP contribution is -2.34. The predicted octanol–water partition coefficient (Wildman–Crippen LogP) is 1.71.